The Bertz CT molecular complexity index is 378. The van der Waals surface area contributed by atoms with E-state index in [4.69, 9.17) is 0 Å². The molecule has 86 valence electrons. The first-order chi connectivity index (χ1) is 7.40. The second kappa shape index (κ2) is 4.60. The minimum atomic E-state index is -0.915. The maximum Gasteiger partial charge on any atom is 0.143 e. The van der Waals surface area contributed by atoms with Crippen LogP contribution in [-0.2, 0) is 9.59 Å². The van der Waals surface area contributed by atoms with E-state index in [0.29, 0.717) is 0 Å². The Morgan fingerprint density at radius 3 is 1.88 bits per heavy atom. The highest BCUT2D eigenvalue weighted by Gasteiger charge is 2.41. The summed E-state index contributed by atoms with van der Waals surface area (Å²) in [6.45, 7) is 6.63. The molecule has 0 bridgehead atoms. The van der Waals surface area contributed by atoms with Gasteiger partial charge in [-0.2, -0.15) is 0 Å². The fourth-order valence-corrected chi connectivity index (χ4v) is 1.93. The SMILES string of the molecule is CC(=O)C(C)(C(C)=O)C(C)c1ccccc1. The van der Waals surface area contributed by atoms with Crippen LogP contribution < -0.4 is 0 Å². The Balaban J connectivity index is 3.16. The number of carbonyl (C=O) groups is 2. The number of ketones is 2. The molecule has 0 amide bonds. The number of hydrogen-bond donors (Lipinski definition) is 0. The van der Waals surface area contributed by atoms with Crippen LogP contribution in [0.4, 0.5) is 0 Å². The number of hydrogen-bond acceptors (Lipinski definition) is 2. The second-order valence-electron chi connectivity index (χ2n) is 4.45. The standard InChI is InChI=1S/C14H18O2/c1-10(13-8-6-5-7-9-13)14(4,11(2)15)12(3)16/h5-10H,1-4H3. The lowest BCUT2D eigenvalue weighted by atomic mass is 9.69. The molecule has 0 radical (unpaired) electrons. The largest absolute Gasteiger partial charge is 0.299 e. The molecule has 0 aliphatic carbocycles. The van der Waals surface area contributed by atoms with Crippen molar-refractivity contribution in [1.82, 2.24) is 0 Å². The van der Waals surface area contributed by atoms with Gasteiger partial charge in [-0.25, -0.2) is 0 Å². The lowest BCUT2D eigenvalue weighted by Gasteiger charge is -2.31. The van der Waals surface area contributed by atoms with E-state index in [2.05, 4.69) is 0 Å². The Morgan fingerprint density at radius 2 is 1.50 bits per heavy atom. The molecular formula is C14H18O2. The maximum absolute atomic E-state index is 11.7. The van der Waals surface area contributed by atoms with Gasteiger partial charge in [0.1, 0.15) is 11.6 Å². The molecule has 1 aromatic rings. The van der Waals surface area contributed by atoms with Crippen LogP contribution in [0.5, 0.6) is 0 Å². The zero-order valence-corrected chi connectivity index (χ0v) is 10.3. The highest BCUT2D eigenvalue weighted by atomic mass is 16.2. The molecule has 1 aromatic carbocycles. The molecule has 0 saturated heterocycles. The monoisotopic (exact) mass is 218 g/mol. The number of benzene rings is 1. The molecule has 0 saturated carbocycles. The Kier molecular flexibility index (Phi) is 3.63. The highest BCUT2D eigenvalue weighted by molar-refractivity contribution is 6.05. The van der Waals surface area contributed by atoms with E-state index in [-0.39, 0.29) is 17.5 Å². The van der Waals surface area contributed by atoms with Crippen molar-refractivity contribution >= 4 is 11.6 Å². The summed E-state index contributed by atoms with van der Waals surface area (Å²) >= 11 is 0. The van der Waals surface area contributed by atoms with E-state index in [1.807, 2.05) is 37.3 Å². The van der Waals surface area contributed by atoms with Crippen LogP contribution in [0.15, 0.2) is 30.3 Å². The number of Topliss-reactive ketones (excluding diaryl/α,β-unsaturated/α-hetero) is 2. The molecular weight excluding hydrogens is 200 g/mol. The first-order valence-electron chi connectivity index (χ1n) is 5.47. The average Bonchev–Trinajstić information content (AvgIpc) is 2.27. The average molecular weight is 218 g/mol. The van der Waals surface area contributed by atoms with Crippen LogP contribution in [0.1, 0.15) is 39.2 Å². The highest BCUT2D eigenvalue weighted by Crippen LogP contribution is 2.37. The first-order valence-corrected chi connectivity index (χ1v) is 5.47. The lowest BCUT2D eigenvalue weighted by Crippen LogP contribution is -2.38. The Morgan fingerprint density at radius 1 is 1.06 bits per heavy atom. The van der Waals surface area contributed by atoms with Gasteiger partial charge in [0, 0.05) is 5.92 Å². The minimum absolute atomic E-state index is 0.0728. The molecule has 16 heavy (non-hydrogen) atoms. The summed E-state index contributed by atoms with van der Waals surface area (Å²) in [4.78, 5) is 23.4. The van der Waals surface area contributed by atoms with Crippen molar-refractivity contribution in [2.75, 3.05) is 0 Å². The van der Waals surface area contributed by atoms with Gasteiger partial charge in [-0.1, -0.05) is 37.3 Å². The molecule has 0 aliphatic rings. The molecule has 1 rings (SSSR count). The maximum atomic E-state index is 11.7. The predicted octanol–water partition coefficient (Wildman–Crippen LogP) is 2.97. The van der Waals surface area contributed by atoms with Crippen molar-refractivity contribution in [1.29, 1.82) is 0 Å². The van der Waals surface area contributed by atoms with Gasteiger partial charge in [0.15, 0.2) is 0 Å². The van der Waals surface area contributed by atoms with Gasteiger partial charge < -0.3 is 0 Å². The smallest absolute Gasteiger partial charge is 0.143 e. The van der Waals surface area contributed by atoms with E-state index in [1.165, 1.54) is 13.8 Å². The van der Waals surface area contributed by atoms with Crippen molar-refractivity contribution < 1.29 is 9.59 Å². The van der Waals surface area contributed by atoms with E-state index in [0.717, 1.165) is 5.56 Å². The summed E-state index contributed by atoms with van der Waals surface area (Å²) in [5.41, 5.74) is 0.108. The molecule has 1 unspecified atom stereocenters. The molecule has 0 aliphatic heterocycles. The zero-order valence-electron chi connectivity index (χ0n) is 10.3. The lowest BCUT2D eigenvalue weighted by molar-refractivity contribution is -0.138. The van der Waals surface area contributed by atoms with E-state index >= 15 is 0 Å². The molecule has 2 nitrogen and oxygen atoms in total. The van der Waals surface area contributed by atoms with Gasteiger partial charge >= 0.3 is 0 Å². The molecule has 0 spiro atoms. The molecule has 0 aromatic heterocycles. The van der Waals surface area contributed by atoms with Crippen molar-refractivity contribution in [2.24, 2.45) is 5.41 Å². The molecule has 2 heteroatoms. The summed E-state index contributed by atoms with van der Waals surface area (Å²) in [5, 5.41) is 0. The number of carbonyl (C=O) groups excluding carboxylic acids is 2. The topological polar surface area (TPSA) is 34.1 Å². The quantitative estimate of drug-likeness (QED) is 0.728. The van der Waals surface area contributed by atoms with E-state index in [1.54, 1.807) is 6.92 Å². The first kappa shape index (κ1) is 12.6. The van der Waals surface area contributed by atoms with E-state index < -0.39 is 5.41 Å². The van der Waals surface area contributed by atoms with Gasteiger partial charge in [-0.15, -0.1) is 0 Å². The molecule has 1 atom stereocenters. The van der Waals surface area contributed by atoms with E-state index in [9.17, 15) is 9.59 Å². The normalized spacial score (nSPS) is 13.2. The van der Waals surface area contributed by atoms with Crippen LogP contribution in [0.3, 0.4) is 0 Å². The van der Waals surface area contributed by atoms with Crippen molar-refractivity contribution in [3.05, 3.63) is 35.9 Å². The summed E-state index contributed by atoms with van der Waals surface area (Å²) in [5.74, 6) is -0.239. The van der Waals surface area contributed by atoms with Gasteiger partial charge in [0.05, 0.1) is 5.41 Å². The minimum Gasteiger partial charge on any atom is -0.299 e. The van der Waals surface area contributed by atoms with Gasteiger partial charge in [0.25, 0.3) is 0 Å². The fraction of sp³-hybridized carbons (Fsp3) is 0.429. The van der Waals surface area contributed by atoms with Crippen molar-refractivity contribution in [2.45, 2.75) is 33.6 Å². The molecule has 0 N–H and O–H groups in total. The molecule has 0 fully saturated rings. The Hall–Kier alpha value is -1.44. The van der Waals surface area contributed by atoms with Gasteiger partial charge in [-0.3, -0.25) is 9.59 Å². The summed E-state index contributed by atoms with van der Waals surface area (Å²) in [6.07, 6.45) is 0. The van der Waals surface area contributed by atoms with Gasteiger partial charge in [0.2, 0.25) is 0 Å². The summed E-state index contributed by atoms with van der Waals surface area (Å²) in [7, 11) is 0. The third kappa shape index (κ3) is 2.06. The fourth-order valence-electron chi connectivity index (χ4n) is 1.93. The predicted molar refractivity (Wildman–Crippen MR) is 64.3 cm³/mol. The van der Waals surface area contributed by atoms with Crippen LogP contribution in [0.2, 0.25) is 0 Å². The van der Waals surface area contributed by atoms with Crippen molar-refractivity contribution in [3.8, 4) is 0 Å². The molecule has 0 heterocycles. The van der Waals surface area contributed by atoms with Crippen LogP contribution >= 0.6 is 0 Å². The zero-order chi connectivity index (χ0) is 12.3. The summed E-state index contributed by atoms with van der Waals surface area (Å²) < 4.78 is 0. The third-order valence-electron chi connectivity index (χ3n) is 3.63. The third-order valence-corrected chi connectivity index (χ3v) is 3.63. The summed E-state index contributed by atoms with van der Waals surface area (Å²) in [6, 6.07) is 9.68. The number of rotatable bonds is 4. The van der Waals surface area contributed by atoms with Gasteiger partial charge in [-0.05, 0) is 26.3 Å². The Labute approximate surface area is 96.7 Å². The van der Waals surface area contributed by atoms with Crippen molar-refractivity contribution in [3.63, 3.8) is 0 Å². The van der Waals surface area contributed by atoms with Crippen LogP contribution in [-0.4, -0.2) is 11.6 Å². The van der Waals surface area contributed by atoms with Crippen LogP contribution in [0, 0.1) is 5.41 Å². The second-order valence-corrected chi connectivity index (χ2v) is 4.45. The van der Waals surface area contributed by atoms with Crippen LogP contribution in [0.25, 0.3) is 0 Å².